The van der Waals surface area contributed by atoms with Gasteiger partial charge in [0.15, 0.2) is 0 Å². The summed E-state index contributed by atoms with van der Waals surface area (Å²) < 4.78 is 0. The van der Waals surface area contributed by atoms with Crippen LogP contribution in [0.2, 0.25) is 5.15 Å². The maximum atomic E-state index is 6.00. The van der Waals surface area contributed by atoms with Crippen molar-refractivity contribution in [1.29, 1.82) is 0 Å². The molecule has 3 nitrogen and oxygen atoms in total. The summed E-state index contributed by atoms with van der Waals surface area (Å²) in [4.78, 5) is 11.4. The topological polar surface area (TPSA) is 29.0 Å². The summed E-state index contributed by atoms with van der Waals surface area (Å²) >= 11 is 6.00. The van der Waals surface area contributed by atoms with Gasteiger partial charge in [-0.15, -0.1) is 0 Å². The Labute approximate surface area is 108 Å². The fraction of sp³-hybridized carbons (Fsp3) is 0.692. The number of hydrogen-bond donors (Lipinski definition) is 0. The second-order valence-electron chi connectivity index (χ2n) is 5.12. The van der Waals surface area contributed by atoms with Gasteiger partial charge in [-0.1, -0.05) is 11.6 Å². The highest BCUT2D eigenvalue weighted by Gasteiger charge is 2.25. The van der Waals surface area contributed by atoms with Crippen molar-refractivity contribution in [2.24, 2.45) is 0 Å². The lowest BCUT2D eigenvalue weighted by molar-refractivity contribution is 0.164. The maximum absolute atomic E-state index is 6.00. The Bertz CT molecular complexity index is 372. The van der Waals surface area contributed by atoms with Crippen molar-refractivity contribution >= 4 is 11.6 Å². The molecule has 1 aromatic rings. The van der Waals surface area contributed by atoms with Gasteiger partial charge in [-0.2, -0.15) is 0 Å². The van der Waals surface area contributed by atoms with Crippen LogP contribution in [0.15, 0.2) is 6.07 Å². The number of hydrogen-bond acceptors (Lipinski definition) is 3. The third-order valence-corrected chi connectivity index (χ3v) is 3.58. The average Bonchev–Trinajstić information content (AvgIpc) is 2.28. The molecule has 0 bridgehead atoms. The van der Waals surface area contributed by atoms with E-state index in [0.717, 1.165) is 18.1 Å². The Hall–Kier alpha value is -0.670. The summed E-state index contributed by atoms with van der Waals surface area (Å²) in [6, 6.07) is 2.41. The van der Waals surface area contributed by atoms with Crippen LogP contribution >= 0.6 is 11.6 Å². The monoisotopic (exact) mass is 253 g/mol. The molecule has 1 atom stereocenters. The standard InChI is InChI=1S/C13H20ClN3/c1-9(2)17-6-4-5-11(8-17)13-15-10(3)7-12(14)16-13/h7,9,11H,4-6,8H2,1-3H3. The molecular weight excluding hydrogens is 234 g/mol. The second kappa shape index (κ2) is 5.32. The van der Waals surface area contributed by atoms with Crippen molar-refractivity contribution in [3.05, 3.63) is 22.7 Å². The zero-order chi connectivity index (χ0) is 12.4. The molecule has 0 aromatic carbocycles. The highest BCUT2D eigenvalue weighted by atomic mass is 35.5. The first kappa shape index (κ1) is 12.8. The van der Waals surface area contributed by atoms with E-state index in [9.17, 15) is 0 Å². The predicted octanol–water partition coefficient (Wildman–Crippen LogP) is 3.03. The van der Waals surface area contributed by atoms with E-state index >= 15 is 0 Å². The minimum absolute atomic E-state index is 0.434. The van der Waals surface area contributed by atoms with E-state index in [4.69, 9.17) is 11.6 Å². The van der Waals surface area contributed by atoms with E-state index < -0.39 is 0 Å². The van der Waals surface area contributed by atoms with Crippen molar-refractivity contribution in [3.8, 4) is 0 Å². The lowest BCUT2D eigenvalue weighted by atomic mass is 9.96. The highest BCUT2D eigenvalue weighted by molar-refractivity contribution is 6.29. The molecule has 1 unspecified atom stereocenters. The van der Waals surface area contributed by atoms with Crippen molar-refractivity contribution in [1.82, 2.24) is 14.9 Å². The van der Waals surface area contributed by atoms with E-state index in [-0.39, 0.29) is 0 Å². The van der Waals surface area contributed by atoms with E-state index in [1.54, 1.807) is 0 Å². The Morgan fingerprint density at radius 2 is 2.18 bits per heavy atom. The van der Waals surface area contributed by atoms with Crippen LogP contribution in [0.25, 0.3) is 0 Å². The average molecular weight is 254 g/mol. The first-order valence-electron chi connectivity index (χ1n) is 6.31. The Morgan fingerprint density at radius 1 is 1.41 bits per heavy atom. The molecule has 4 heteroatoms. The Balaban J connectivity index is 2.16. The van der Waals surface area contributed by atoms with E-state index in [1.807, 2.05) is 13.0 Å². The fourth-order valence-corrected chi connectivity index (χ4v) is 2.67. The van der Waals surface area contributed by atoms with Gasteiger partial charge in [0.25, 0.3) is 0 Å². The zero-order valence-corrected chi connectivity index (χ0v) is 11.5. The number of nitrogens with zero attached hydrogens (tertiary/aromatic N) is 3. The van der Waals surface area contributed by atoms with Gasteiger partial charge in [0, 0.05) is 24.2 Å². The first-order valence-corrected chi connectivity index (χ1v) is 6.69. The molecule has 0 aliphatic carbocycles. The van der Waals surface area contributed by atoms with Gasteiger partial charge in [-0.05, 0) is 46.2 Å². The molecule has 94 valence electrons. The highest BCUT2D eigenvalue weighted by Crippen LogP contribution is 2.26. The van der Waals surface area contributed by atoms with Gasteiger partial charge in [0.1, 0.15) is 11.0 Å². The molecule has 0 radical (unpaired) electrons. The van der Waals surface area contributed by atoms with Gasteiger partial charge in [-0.3, -0.25) is 0 Å². The quantitative estimate of drug-likeness (QED) is 0.759. The molecule has 17 heavy (non-hydrogen) atoms. The molecule has 2 rings (SSSR count). The van der Waals surface area contributed by atoms with Crippen molar-refractivity contribution in [2.45, 2.75) is 45.6 Å². The van der Waals surface area contributed by atoms with Crippen LogP contribution in [0.4, 0.5) is 0 Å². The zero-order valence-electron chi connectivity index (χ0n) is 10.8. The lowest BCUT2D eigenvalue weighted by Crippen LogP contribution is -2.39. The molecule has 0 saturated carbocycles. The molecule has 0 spiro atoms. The number of halogens is 1. The summed E-state index contributed by atoms with van der Waals surface area (Å²) in [5.74, 6) is 1.35. The van der Waals surface area contributed by atoms with E-state index in [1.165, 1.54) is 19.4 Å². The first-order chi connectivity index (χ1) is 8.06. The molecule has 1 saturated heterocycles. The Morgan fingerprint density at radius 3 is 2.82 bits per heavy atom. The molecule has 2 heterocycles. The summed E-state index contributed by atoms with van der Waals surface area (Å²) in [7, 11) is 0. The minimum Gasteiger partial charge on any atom is -0.300 e. The third-order valence-electron chi connectivity index (χ3n) is 3.39. The minimum atomic E-state index is 0.434. The van der Waals surface area contributed by atoms with Crippen LogP contribution in [-0.2, 0) is 0 Å². The van der Waals surface area contributed by atoms with Gasteiger partial charge in [0.2, 0.25) is 0 Å². The van der Waals surface area contributed by atoms with Crippen LogP contribution in [0.3, 0.4) is 0 Å². The Kier molecular flexibility index (Phi) is 4.00. The number of aryl methyl sites for hydroxylation is 1. The summed E-state index contributed by atoms with van der Waals surface area (Å²) in [6.45, 7) is 8.70. The summed E-state index contributed by atoms with van der Waals surface area (Å²) in [5.41, 5.74) is 0.960. The van der Waals surface area contributed by atoms with E-state index in [2.05, 4.69) is 28.7 Å². The summed E-state index contributed by atoms with van der Waals surface area (Å²) in [5, 5.41) is 0.564. The molecule has 1 aliphatic heterocycles. The van der Waals surface area contributed by atoms with Crippen LogP contribution in [0.1, 0.15) is 44.1 Å². The van der Waals surface area contributed by atoms with E-state index in [0.29, 0.717) is 17.1 Å². The number of rotatable bonds is 2. The fourth-order valence-electron chi connectivity index (χ4n) is 2.42. The molecule has 1 fully saturated rings. The van der Waals surface area contributed by atoms with Gasteiger partial charge >= 0.3 is 0 Å². The van der Waals surface area contributed by atoms with Gasteiger partial charge in [0.05, 0.1) is 0 Å². The van der Waals surface area contributed by atoms with Crippen LogP contribution in [0.5, 0.6) is 0 Å². The molecule has 0 amide bonds. The molecule has 1 aromatic heterocycles. The lowest BCUT2D eigenvalue weighted by Gasteiger charge is -2.34. The SMILES string of the molecule is Cc1cc(Cl)nc(C2CCCN(C(C)C)C2)n1. The summed E-state index contributed by atoms with van der Waals surface area (Å²) in [6.07, 6.45) is 2.39. The number of likely N-dealkylation sites (tertiary alicyclic amines) is 1. The third kappa shape index (κ3) is 3.17. The molecule has 0 N–H and O–H groups in total. The number of piperidine rings is 1. The van der Waals surface area contributed by atoms with Crippen LogP contribution in [0, 0.1) is 6.92 Å². The van der Waals surface area contributed by atoms with Crippen LogP contribution < -0.4 is 0 Å². The number of aromatic nitrogens is 2. The normalized spacial score (nSPS) is 22.1. The molecule has 1 aliphatic rings. The van der Waals surface area contributed by atoms with Gasteiger partial charge in [-0.25, -0.2) is 9.97 Å². The van der Waals surface area contributed by atoms with Crippen molar-refractivity contribution in [2.75, 3.05) is 13.1 Å². The maximum Gasteiger partial charge on any atom is 0.134 e. The largest absolute Gasteiger partial charge is 0.300 e. The van der Waals surface area contributed by atoms with Crippen molar-refractivity contribution < 1.29 is 0 Å². The molecular formula is C13H20ClN3. The van der Waals surface area contributed by atoms with Crippen LogP contribution in [-0.4, -0.2) is 34.0 Å². The second-order valence-corrected chi connectivity index (χ2v) is 5.51. The van der Waals surface area contributed by atoms with Gasteiger partial charge < -0.3 is 4.90 Å². The smallest absolute Gasteiger partial charge is 0.134 e. The van der Waals surface area contributed by atoms with Crippen molar-refractivity contribution in [3.63, 3.8) is 0 Å². The predicted molar refractivity (Wildman–Crippen MR) is 70.5 cm³/mol.